The van der Waals surface area contributed by atoms with Crippen LogP contribution in [0, 0.1) is 22.7 Å². The van der Waals surface area contributed by atoms with E-state index in [4.69, 9.17) is 5.26 Å². The fourth-order valence-corrected chi connectivity index (χ4v) is 2.20. The van der Waals surface area contributed by atoms with Gasteiger partial charge in [0, 0.05) is 0 Å². The minimum absolute atomic E-state index is 0.394. The van der Waals surface area contributed by atoms with Crippen LogP contribution in [0.1, 0.15) is 25.0 Å². The van der Waals surface area contributed by atoms with Crippen molar-refractivity contribution < 1.29 is 19.4 Å². The highest BCUT2D eigenvalue weighted by molar-refractivity contribution is 5.94. The van der Waals surface area contributed by atoms with Gasteiger partial charge in [-0.25, -0.2) is 0 Å². The molecule has 0 fully saturated rings. The number of carbonyl (C=O) groups is 2. The molecule has 5 nitrogen and oxygen atoms in total. The molecule has 0 bridgehead atoms. The first-order valence-electron chi connectivity index (χ1n) is 6.11. The molecule has 1 aromatic carbocycles. The highest BCUT2D eigenvalue weighted by Gasteiger charge is 2.41. The second-order valence-electron chi connectivity index (χ2n) is 5.27. The van der Waals surface area contributed by atoms with Crippen LogP contribution in [0.2, 0.25) is 0 Å². The van der Waals surface area contributed by atoms with E-state index < -0.39 is 23.3 Å². The number of methoxy groups -OCH3 is 1. The van der Waals surface area contributed by atoms with Gasteiger partial charge in [0.25, 0.3) is 0 Å². The Kier molecular flexibility index (Phi) is 4.87. The Bertz CT molecular complexity index is 540. The highest BCUT2D eigenvalue weighted by Crippen LogP contribution is 2.32. The molecule has 0 aliphatic rings. The van der Waals surface area contributed by atoms with Crippen LogP contribution < -0.4 is 0 Å². The Morgan fingerprint density at radius 2 is 1.90 bits per heavy atom. The summed E-state index contributed by atoms with van der Waals surface area (Å²) in [6.45, 7) is 3.42. The number of benzene rings is 1. The average Bonchev–Trinajstić information content (AvgIpc) is 2.38. The molecule has 0 amide bonds. The van der Waals surface area contributed by atoms with Crippen LogP contribution in [0.5, 0.6) is 0 Å². The van der Waals surface area contributed by atoms with E-state index in [1.54, 1.807) is 38.1 Å². The number of nitrogens with zero attached hydrogens (tertiary/aromatic N) is 1. The largest absolute Gasteiger partial charge is 0.481 e. The zero-order valence-electron chi connectivity index (χ0n) is 11.7. The Balaban J connectivity index is 2.99. The Morgan fingerprint density at radius 1 is 1.35 bits per heavy atom. The van der Waals surface area contributed by atoms with Crippen LogP contribution >= 0.6 is 0 Å². The topological polar surface area (TPSA) is 87.4 Å². The molecule has 0 saturated heterocycles. The monoisotopic (exact) mass is 275 g/mol. The van der Waals surface area contributed by atoms with E-state index in [1.807, 2.05) is 6.07 Å². The summed E-state index contributed by atoms with van der Waals surface area (Å²) in [5, 5.41) is 18.0. The number of hydrogen-bond donors (Lipinski definition) is 1. The van der Waals surface area contributed by atoms with Crippen LogP contribution in [-0.4, -0.2) is 24.2 Å². The molecule has 0 aromatic heterocycles. The third-order valence-electron chi connectivity index (χ3n) is 3.21. The predicted octanol–water partition coefficient (Wildman–Crippen LogP) is 2.00. The number of ether oxygens (including phenoxy) is 1. The highest BCUT2D eigenvalue weighted by atomic mass is 16.5. The first-order chi connectivity index (χ1) is 9.31. The lowest BCUT2D eigenvalue weighted by atomic mass is 9.74. The fraction of sp³-hybridized carbons (Fsp3) is 0.400. The van der Waals surface area contributed by atoms with E-state index in [-0.39, 0.29) is 0 Å². The van der Waals surface area contributed by atoms with Crippen LogP contribution in [0.4, 0.5) is 0 Å². The summed E-state index contributed by atoms with van der Waals surface area (Å²) >= 11 is 0. The molecule has 0 aliphatic heterocycles. The molecule has 0 radical (unpaired) electrons. The number of carboxylic acids is 1. The number of aliphatic carboxylic acids is 1. The van der Waals surface area contributed by atoms with E-state index in [2.05, 4.69) is 4.74 Å². The van der Waals surface area contributed by atoms with Crippen molar-refractivity contribution in [3.8, 4) is 6.07 Å². The third-order valence-corrected chi connectivity index (χ3v) is 3.21. The summed E-state index contributed by atoms with van der Waals surface area (Å²) in [6, 6.07) is 8.87. The summed E-state index contributed by atoms with van der Waals surface area (Å²) in [5.41, 5.74) is 0.603. The van der Waals surface area contributed by atoms with Crippen molar-refractivity contribution in [1.82, 2.24) is 0 Å². The van der Waals surface area contributed by atoms with Crippen LogP contribution in [0.25, 0.3) is 0 Å². The SMILES string of the molecule is COC(=O)C(C(=O)O)C(C)(C)Cc1ccc(C#N)cc1. The van der Waals surface area contributed by atoms with Gasteiger partial charge in [-0.05, 0) is 29.5 Å². The standard InChI is InChI=1S/C15H17NO4/c1-15(2,12(13(17)18)14(19)20-3)8-10-4-6-11(9-16)7-5-10/h4-7,12H,8H2,1-3H3,(H,17,18). The summed E-state index contributed by atoms with van der Waals surface area (Å²) in [7, 11) is 1.18. The molecule has 1 rings (SSSR count). The maximum Gasteiger partial charge on any atom is 0.320 e. The molecule has 5 heteroatoms. The van der Waals surface area contributed by atoms with Crippen molar-refractivity contribution in [3.05, 3.63) is 35.4 Å². The molecule has 1 unspecified atom stereocenters. The number of hydrogen-bond acceptors (Lipinski definition) is 4. The quantitative estimate of drug-likeness (QED) is 0.656. The summed E-state index contributed by atoms with van der Waals surface area (Å²) in [4.78, 5) is 22.9. The maximum atomic E-state index is 11.6. The lowest BCUT2D eigenvalue weighted by molar-refractivity contribution is -0.162. The van der Waals surface area contributed by atoms with Gasteiger partial charge in [0.1, 0.15) is 0 Å². The maximum absolute atomic E-state index is 11.6. The van der Waals surface area contributed by atoms with E-state index >= 15 is 0 Å². The lowest BCUT2D eigenvalue weighted by Gasteiger charge is -2.29. The Morgan fingerprint density at radius 3 is 2.30 bits per heavy atom. The molecule has 0 spiro atoms. The average molecular weight is 275 g/mol. The van der Waals surface area contributed by atoms with Crippen LogP contribution in [0.3, 0.4) is 0 Å². The van der Waals surface area contributed by atoms with Crippen LogP contribution in [-0.2, 0) is 20.7 Å². The van der Waals surface area contributed by atoms with Gasteiger partial charge in [-0.1, -0.05) is 26.0 Å². The number of carbonyl (C=O) groups excluding carboxylic acids is 1. The summed E-state index contributed by atoms with van der Waals surface area (Å²) < 4.78 is 4.57. The minimum atomic E-state index is -1.23. The summed E-state index contributed by atoms with van der Waals surface area (Å²) in [5.74, 6) is -3.19. The van der Waals surface area contributed by atoms with Gasteiger partial charge in [0.15, 0.2) is 5.92 Å². The van der Waals surface area contributed by atoms with Crippen molar-refractivity contribution in [3.63, 3.8) is 0 Å². The number of nitriles is 1. The van der Waals surface area contributed by atoms with E-state index in [0.717, 1.165) is 5.56 Å². The number of carboxylic acid groups (broad SMARTS) is 1. The second-order valence-corrected chi connectivity index (χ2v) is 5.27. The third kappa shape index (κ3) is 3.58. The van der Waals surface area contributed by atoms with Gasteiger partial charge in [-0.3, -0.25) is 9.59 Å². The zero-order chi connectivity index (χ0) is 15.3. The molecular weight excluding hydrogens is 258 g/mol. The Hall–Kier alpha value is -2.35. The zero-order valence-corrected chi connectivity index (χ0v) is 11.7. The van der Waals surface area contributed by atoms with Crippen LogP contribution in [0.15, 0.2) is 24.3 Å². The van der Waals surface area contributed by atoms with E-state index in [1.165, 1.54) is 7.11 Å². The molecular formula is C15H17NO4. The Labute approximate surface area is 117 Å². The van der Waals surface area contributed by atoms with Gasteiger partial charge in [-0.2, -0.15) is 5.26 Å². The van der Waals surface area contributed by atoms with Gasteiger partial charge in [-0.15, -0.1) is 0 Å². The molecule has 0 heterocycles. The lowest BCUT2D eigenvalue weighted by Crippen LogP contribution is -2.39. The molecule has 0 saturated carbocycles. The molecule has 0 aliphatic carbocycles. The fourth-order valence-electron chi connectivity index (χ4n) is 2.20. The molecule has 1 aromatic rings. The van der Waals surface area contributed by atoms with Crippen molar-refractivity contribution >= 4 is 11.9 Å². The van der Waals surface area contributed by atoms with Crippen molar-refractivity contribution in [1.29, 1.82) is 5.26 Å². The minimum Gasteiger partial charge on any atom is -0.481 e. The first-order valence-corrected chi connectivity index (χ1v) is 6.11. The predicted molar refractivity (Wildman–Crippen MR) is 71.8 cm³/mol. The van der Waals surface area contributed by atoms with Gasteiger partial charge in [0.05, 0.1) is 18.7 Å². The van der Waals surface area contributed by atoms with E-state index in [9.17, 15) is 14.7 Å². The van der Waals surface area contributed by atoms with Gasteiger partial charge in [0.2, 0.25) is 0 Å². The van der Waals surface area contributed by atoms with Gasteiger partial charge >= 0.3 is 11.9 Å². The van der Waals surface area contributed by atoms with E-state index in [0.29, 0.717) is 12.0 Å². The van der Waals surface area contributed by atoms with Crippen molar-refractivity contribution in [2.24, 2.45) is 11.3 Å². The molecule has 20 heavy (non-hydrogen) atoms. The smallest absolute Gasteiger partial charge is 0.320 e. The first kappa shape index (κ1) is 15.7. The molecule has 1 atom stereocenters. The normalized spacial score (nSPS) is 12.3. The summed E-state index contributed by atoms with van der Waals surface area (Å²) in [6.07, 6.45) is 0.394. The molecule has 106 valence electrons. The van der Waals surface area contributed by atoms with Crippen molar-refractivity contribution in [2.45, 2.75) is 20.3 Å². The number of rotatable bonds is 5. The second kappa shape index (κ2) is 6.20. The van der Waals surface area contributed by atoms with Gasteiger partial charge < -0.3 is 9.84 Å². The number of esters is 1. The molecule has 1 N–H and O–H groups in total. The van der Waals surface area contributed by atoms with Crippen molar-refractivity contribution in [2.75, 3.05) is 7.11 Å².